The Morgan fingerprint density at radius 2 is 1.95 bits per heavy atom. The first-order valence-electron chi connectivity index (χ1n) is 6.36. The molecular weight excluding hydrogens is 258 g/mol. The van der Waals surface area contributed by atoms with E-state index in [0.717, 1.165) is 34.7 Å². The first-order chi connectivity index (χ1) is 9.08. The standard InChI is InChI=1S/C13H19N5S/c1-5-14-11-6-12(18-10(4)17-11)16-9(3)13-15-8(2)7-19-13/h6-7,9H,5H2,1-4H3,(H2,14,16,17,18). The minimum atomic E-state index is 0.141. The Hall–Kier alpha value is -1.69. The molecule has 0 spiro atoms. The predicted octanol–water partition coefficient (Wildman–Crippen LogP) is 3.15. The number of anilines is 2. The summed E-state index contributed by atoms with van der Waals surface area (Å²) in [5.41, 5.74) is 1.06. The van der Waals surface area contributed by atoms with Gasteiger partial charge in [-0.25, -0.2) is 15.0 Å². The third-order valence-corrected chi connectivity index (χ3v) is 3.71. The summed E-state index contributed by atoms with van der Waals surface area (Å²) in [5.74, 6) is 2.42. The number of nitrogens with one attached hydrogen (secondary N) is 2. The second kappa shape index (κ2) is 5.97. The van der Waals surface area contributed by atoms with Gasteiger partial charge in [-0.3, -0.25) is 0 Å². The van der Waals surface area contributed by atoms with E-state index >= 15 is 0 Å². The lowest BCUT2D eigenvalue weighted by Gasteiger charge is -2.13. The number of nitrogens with zero attached hydrogens (tertiary/aromatic N) is 3. The van der Waals surface area contributed by atoms with Crippen LogP contribution in [-0.4, -0.2) is 21.5 Å². The maximum Gasteiger partial charge on any atom is 0.132 e. The van der Waals surface area contributed by atoms with Crippen molar-refractivity contribution in [3.8, 4) is 0 Å². The summed E-state index contributed by atoms with van der Waals surface area (Å²) in [5, 5.41) is 9.70. The normalized spacial score (nSPS) is 12.2. The van der Waals surface area contributed by atoms with Gasteiger partial charge in [0.05, 0.1) is 6.04 Å². The molecule has 2 rings (SSSR count). The van der Waals surface area contributed by atoms with Gasteiger partial charge in [0.15, 0.2) is 0 Å². The maximum atomic E-state index is 4.48. The fourth-order valence-corrected chi connectivity index (χ4v) is 2.57. The molecule has 2 N–H and O–H groups in total. The molecule has 0 aliphatic heterocycles. The fraction of sp³-hybridized carbons (Fsp3) is 0.462. The Kier molecular flexibility index (Phi) is 4.31. The fourth-order valence-electron chi connectivity index (χ4n) is 1.77. The van der Waals surface area contributed by atoms with Crippen molar-refractivity contribution in [1.29, 1.82) is 0 Å². The van der Waals surface area contributed by atoms with Gasteiger partial charge in [0.2, 0.25) is 0 Å². The molecule has 102 valence electrons. The highest BCUT2D eigenvalue weighted by Gasteiger charge is 2.11. The molecule has 0 saturated heterocycles. The van der Waals surface area contributed by atoms with Crippen LogP contribution >= 0.6 is 11.3 Å². The Labute approximate surface area is 117 Å². The van der Waals surface area contributed by atoms with E-state index in [2.05, 4.69) is 37.9 Å². The number of aromatic nitrogens is 3. The molecule has 0 amide bonds. The first kappa shape index (κ1) is 13.7. The average Bonchev–Trinajstić information content (AvgIpc) is 2.75. The van der Waals surface area contributed by atoms with E-state index in [0.29, 0.717) is 0 Å². The zero-order chi connectivity index (χ0) is 13.8. The van der Waals surface area contributed by atoms with E-state index in [9.17, 15) is 0 Å². The minimum absolute atomic E-state index is 0.141. The van der Waals surface area contributed by atoms with Gasteiger partial charge in [0, 0.05) is 23.7 Å². The lowest BCUT2D eigenvalue weighted by Crippen LogP contribution is -2.10. The molecule has 6 heteroatoms. The summed E-state index contributed by atoms with van der Waals surface area (Å²) in [6.07, 6.45) is 0. The van der Waals surface area contributed by atoms with Gasteiger partial charge in [-0.1, -0.05) is 0 Å². The van der Waals surface area contributed by atoms with Crippen molar-refractivity contribution in [2.75, 3.05) is 17.2 Å². The van der Waals surface area contributed by atoms with E-state index in [4.69, 9.17) is 0 Å². The van der Waals surface area contributed by atoms with Crippen molar-refractivity contribution in [1.82, 2.24) is 15.0 Å². The lowest BCUT2D eigenvalue weighted by molar-refractivity contribution is 0.849. The van der Waals surface area contributed by atoms with Crippen molar-refractivity contribution in [2.45, 2.75) is 33.7 Å². The Morgan fingerprint density at radius 1 is 1.21 bits per heavy atom. The topological polar surface area (TPSA) is 62.7 Å². The monoisotopic (exact) mass is 277 g/mol. The molecular formula is C13H19N5S. The molecule has 5 nitrogen and oxygen atoms in total. The molecule has 1 unspecified atom stereocenters. The van der Waals surface area contributed by atoms with Crippen LogP contribution < -0.4 is 10.6 Å². The zero-order valence-corrected chi connectivity index (χ0v) is 12.5. The molecule has 0 aliphatic carbocycles. The number of hydrogen-bond donors (Lipinski definition) is 2. The summed E-state index contributed by atoms with van der Waals surface area (Å²) in [7, 11) is 0. The van der Waals surface area contributed by atoms with Crippen LogP contribution in [-0.2, 0) is 0 Å². The molecule has 1 atom stereocenters. The minimum Gasteiger partial charge on any atom is -0.370 e. The Morgan fingerprint density at radius 3 is 2.58 bits per heavy atom. The molecule has 0 bridgehead atoms. The number of hydrogen-bond acceptors (Lipinski definition) is 6. The summed E-state index contributed by atoms with van der Waals surface area (Å²) < 4.78 is 0. The highest BCUT2D eigenvalue weighted by atomic mass is 32.1. The van der Waals surface area contributed by atoms with Crippen LogP contribution in [0.15, 0.2) is 11.4 Å². The van der Waals surface area contributed by atoms with Crippen LogP contribution in [0.3, 0.4) is 0 Å². The SMILES string of the molecule is CCNc1cc(NC(C)c2nc(C)cs2)nc(C)n1. The van der Waals surface area contributed by atoms with E-state index in [-0.39, 0.29) is 6.04 Å². The van der Waals surface area contributed by atoms with Crippen LogP contribution in [0.2, 0.25) is 0 Å². The molecule has 0 aromatic carbocycles. The summed E-state index contributed by atoms with van der Waals surface area (Å²) >= 11 is 1.66. The second-order valence-corrected chi connectivity index (χ2v) is 5.30. The van der Waals surface area contributed by atoms with Gasteiger partial charge in [-0.15, -0.1) is 11.3 Å². The number of aryl methyl sites for hydroxylation is 2. The zero-order valence-electron chi connectivity index (χ0n) is 11.7. The van der Waals surface area contributed by atoms with Crippen LogP contribution in [0.1, 0.15) is 36.4 Å². The molecule has 2 heterocycles. The van der Waals surface area contributed by atoms with Crippen LogP contribution in [0.4, 0.5) is 11.6 Å². The lowest BCUT2D eigenvalue weighted by atomic mass is 10.3. The molecule has 0 radical (unpaired) electrons. The number of thiazole rings is 1. The summed E-state index contributed by atoms with van der Waals surface area (Å²) in [4.78, 5) is 13.2. The highest BCUT2D eigenvalue weighted by Crippen LogP contribution is 2.22. The molecule has 0 saturated carbocycles. The van der Waals surface area contributed by atoms with Crippen LogP contribution in [0, 0.1) is 13.8 Å². The predicted molar refractivity (Wildman–Crippen MR) is 79.8 cm³/mol. The van der Waals surface area contributed by atoms with Crippen LogP contribution in [0.25, 0.3) is 0 Å². The van der Waals surface area contributed by atoms with Gasteiger partial charge in [-0.05, 0) is 27.7 Å². The molecule has 2 aromatic rings. The smallest absolute Gasteiger partial charge is 0.132 e. The van der Waals surface area contributed by atoms with Gasteiger partial charge in [-0.2, -0.15) is 0 Å². The maximum absolute atomic E-state index is 4.48. The summed E-state index contributed by atoms with van der Waals surface area (Å²) in [6, 6.07) is 2.07. The Balaban J connectivity index is 2.14. The average molecular weight is 277 g/mol. The third kappa shape index (κ3) is 3.64. The van der Waals surface area contributed by atoms with Crippen molar-refractivity contribution >= 4 is 23.0 Å². The molecule has 2 aromatic heterocycles. The van der Waals surface area contributed by atoms with E-state index < -0.39 is 0 Å². The molecule has 0 aliphatic rings. The van der Waals surface area contributed by atoms with E-state index in [1.165, 1.54) is 0 Å². The van der Waals surface area contributed by atoms with Gasteiger partial charge < -0.3 is 10.6 Å². The largest absolute Gasteiger partial charge is 0.370 e. The molecule has 0 fully saturated rings. The first-order valence-corrected chi connectivity index (χ1v) is 7.24. The van der Waals surface area contributed by atoms with Crippen molar-refractivity contribution in [3.05, 3.63) is 28.0 Å². The second-order valence-electron chi connectivity index (χ2n) is 4.41. The van der Waals surface area contributed by atoms with Gasteiger partial charge in [0.1, 0.15) is 22.5 Å². The highest BCUT2D eigenvalue weighted by molar-refractivity contribution is 7.09. The van der Waals surface area contributed by atoms with Crippen LogP contribution in [0.5, 0.6) is 0 Å². The quantitative estimate of drug-likeness (QED) is 0.879. The number of rotatable bonds is 5. The van der Waals surface area contributed by atoms with E-state index in [1.54, 1.807) is 11.3 Å². The molecule has 19 heavy (non-hydrogen) atoms. The third-order valence-electron chi connectivity index (χ3n) is 2.57. The Bertz CT molecular complexity index is 552. The van der Waals surface area contributed by atoms with Gasteiger partial charge in [0.25, 0.3) is 0 Å². The van der Waals surface area contributed by atoms with Crippen molar-refractivity contribution in [2.24, 2.45) is 0 Å². The summed E-state index contributed by atoms with van der Waals surface area (Å²) in [6.45, 7) is 8.88. The van der Waals surface area contributed by atoms with Gasteiger partial charge >= 0.3 is 0 Å². The van der Waals surface area contributed by atoms with Crippen molar-refractivity contribution in [3.63, 3.8) is 0 Å². The van der Waals surface area contributed by atoms with E-state index in [1.807, 2.05) is 26.8 Å². The van der Waals surface area contributed by atoms with Crippen molar-refractivity contribution < 1.29 is 0 Å².